The van der Waals surface area contributed by atoms with Crippen molar-refractivity contribution < 1.29 is 4.79 Å². The normalized spacial score (nSPS) is 12.3. The average Bonchev–Trinajstić information content (AvgIpc) is 1.87. The van der Waals surface area contributed by atoms with Crippen molar-refractivity contribution in [3.8, 4) is 0 Å². The zero-order valence-electron chi connectivity index (χ0n) is 5.85. The molecule has 4 heteroatoms. The van der Waals surface area contributed by atoms with Gasteiger partial charge in [-0.3, -0.25) is 10.2 Å². The van der Waals surface area contributed by atoms with Crippen molar-refractivity contribution >= 4 is 13.2 Å². The second kappa shape index (κ2) is 4.38. The molecule has 1 amide bonds. The molecule has 0 saturated heterocycles. The molecule has 0 heterocycles. The van der Waals surface area contributed by atoms with Crippen LogP contribution in [0.4, 0.5) is 0 Å². The van der Waals surface area contributed by atoms with Crippen LogP contribution < -0.4 is 11.3 Å². The monoisotopic (exact) mass is 127 g/mol. The zero-order valence-corrected chi connectivity index (χ0v) is 5.85. The summed E-state index contributed by atoms with van der Waals surface area (Å²) in [7, 11) is 1.90. The fraction of sp³-hybridized carbons (Fsp3) is 0.800. The minimum atomic E-state index is -0.128. The lowest BCUT2D eigenvalue weighted by Gasteiger charge is -2.04. The van der Waals surface area contributed by atoms with E-state index in [4.69, 9.17) is 5.84 Å². The Kier molecular flexibility index (Phi) is 4.14. The molecule has 0 rings (SSSR count). The van der Waals surface area contributed by atoms with E-state index < -0.39 is 0 Å². The average molecular weight is 127 g/mol. The molecule has 0 saturated carbocycles. The minimum absolute atomic E-state index is 0.0694. The Labute approximate surface area is 56.2 Å². The van der Waals surface area contributed by atoms with Gasteiger partial charge in [0.2, 0.25) is 5.91 Å². The van der Waals surface area contributed by atoms with Gasteiger partial charge in [0.05, 0.1) is 0 Å². The number of nitrogens with two attached hydrogens (primary N) is 1. The highest BCUT2D eigenvalue weighted by molar-refractivity contribution is 6.43. The number of rotatable bonds is 3. The lowest BCUT2D eigenvalue weighted by Crippen LogP contribution is -2.34. The molecular formula is C5H12BN2O. The number of amides is 1. The smallest absolute Gasteiger partial charge is 0.228 e. The maximum Gasteiger partial charge on any atom is 0.228 e. The van der Waals surface area contributed by atoms with E-state index in [0.717, 1.165) is 6.32 Å². The molecule has 51 valence electrons. The van der Waals surface area contributed by atoms with Crippen LogP contribution >= 0.6 is 0 Å². The summed E-state index contributed by atoms with van der Waals surface area (Å²) < 4.78 is 0. The number of nitrogens with one attached hydrogen (secondary N) is 1. The molecule has 0 aliphatic carbocycles. The van der Waals surface area contributed by atoms with E-state index in [1.54, 1.807) is 0 Å². The Bertz CT molecular complexity index is 97.0. The summed E-state index contributed by atoms with van der Waals surface area (Å²) in [6.07, 6.45) is 0.897. The van der Waals surface area contributed by atoms with Crippen LogP contribution in [0.15, 0.2) is 0 Å². The summed E-state index contributed by atoms with van der Waals surface area (Å²) in [5, 5.41) is 0. The van der Waals surface area contributed by atoms with E-state index >= 15 is 0 Å². The Balaban J connectivity index is 3.45. The van der Waals surface area contributed by atoms with Gasteiger partial charge in [-0.2, -0.15) is 0 Å². The SMILES string of the molecule is CC[B]C(C)C(=O)NN. The van der Waals surface area contributed by atoms with Gasteiger partial charge in [-0.05, 0) is 0 Å². The summed E-state index contributed by atoms with van der Waals surface area (Å²) >= 11 is 0. The van der Waals surface area contributed by atoms with Gasteiger partial charge in [-0.15, -0.1) is 0 Å². The largest absolute Gasteiger partial charge is 0.295 e. The Morgan fingerprint density at radius 1 is 1.89 bits per heavy atom. The van der Waals surface area contributed by atoms with Crippen LogP contribution in [0, 0.1) is 0 Å². The van der Waals surface area contributed by atoms with Gasteiger partial charge >= 0.3 is 0 Å². The van der Waals surface area contributed by atoms with Crippen molar-refractivity contribution in [2.45, 2.75) is 26.0 Å². The third-order valence-corrected chi connectivity index (χ3v) is 1.15. The molecule has 9 heavy (non-hydrogen) atoms. The molecule has 0 aromatic carbocycles. The molecule has 3 N–H and O–H groups in total. The summed E-state index contributed by atoms with van der Waals surface area (Å²) in [4.78, 5) is 10.6. The van der Waals surface area contributed by atoms with E-state index in [9.17, 15) is 4.79 Å². The Morgan fingerprint density at radius 2 is 2.44 bits per heavy atom. The highest BCUT2D eigenvalue weighted by Crippen LogP contribution is 2.00. The first-order chi connectivity index (χ1) is 4.22. The molecule has 0 aliphatic heterocycles. The number of carbonyl (C=O) groups is 1. The fourth-order valence-electron chi connectivity index (χ4n) is 0.592. The highest BCUT2D eigenvalue weighted by atomic mass is 16.2. The maximum atomic E-state index is 10.6. The quantitative estimate of drug-likeness (QED) is 0.241. The summed E-state index contributed by atoms with van der Waals surface area (Å²) in [6, 6.07) is 0. The predicted molar refractivity (Wildman–Crippen MR) is 38.0 cm³/mol. The molecule has 0 fully saturated rings. The molecule has 1 unspecified atom stereocenters. The zero-order chi connectivity index (χ0) is 7.28. The van der Waals surface area contributed by atoms with Crippen molar-refractivity contribution in [2.24, 2.45) is 5.84 Å². The van der Waals surface area contributed by atoms with Crippen LogP contribution in [0.1, 0.15) is 13.8 Å². The van der Waals surface area contributed by atoms with Crippen molar-refractivity contribution in [3.05, 3.63) is 0 Å². The van der Waals surface area contributed by atoms with Crippen LogP contribution in [-0.4, -0.2) is 13.2 Å². The summed E-state index contributed by atoms with van der Waals surface area (Å²) in [6.45, 7) is 3.80. The lowest BCUT2D eigenvalue weighted by atomic mass is 9.63. The van der Waals surface area contributed by atoms with E-state index in [-0.39, 0.29) is 11.7 Å². The Morgan fingerprint density at radius 3 is 2.78 bits per heavy atom. The van der Waals surface area contributed by atoms with Gasteiger partial charge in [0.1, 0.15) is 7.28 Å². The van der Waals surface area contributed by atoms with Gasteiger partial charge < -0.3 is 0 Å². The van der Waals surface area contributed by atoms with Gasteiger partial charge in [0, 0.05) is 5.82 Å². The highest BCUT2D eigenvalue weighted by Gasteiger charge is 2.09. The van der Waals surface area contributed by atoms with Gasteiger partial charge in [-0.1, -0.05) is 20.2 Å². The third-order valence-electron chi connectivity index (χ3n) is 1.15. The molecule has 0 aromatic rings. The second-order valence-electron chi connectivity index (χ2n) is 1.94. The summed E-state index contributed by atoms with van der Waals surface area (Å²) in [5.41, 5.74) is 2.08. The first-order valence-corrected chi connectivity index (χ1v) is 3.06. The predicted octanol–water partition coefficient (Wildman–Crippen LogP) is -0.0729. The van der Waals surface area contributed by atoms with Crippen LogP contribution in [-0.2, 0) is 4.79 Å². The topological polar surface area (TPSA) is 55.1 Å². The molecule has 1 atom stereocenters. The first-order valence-electron chi connectivity index (χ1n) is 3.06. The minimum Gasteiger partial charge on any atom is -0.295 e. The number of hydrogen-bond acceptors (Lipinski definition) is 2. The number of hydrogen-bond donors (Lipinski definition) is 2. The molecule has 0 aliphatic rings. The van der Waals surface area contributed by atoms with E-state index in [1.807, 2.05) is 21.1 Å². The van der Waals surface area contributed by atoms with Gasteiger partial charge in [0.15, 0.2) is 0 Å². The van der Waals surface area contributed by atoms with Crippen LogP contribution in [0.2, 0.25) is 12.1 Å². The number of hydrazine groups is 1. The molecule has 0 spiro atoms. The third kappa shape index (κ3) is 3.14. The lowest BCUT2D eigenvalue weighted by molar-refractivity contribution is -0.120. The molecule has 0 aromatic heterocycles. The van der Waals surface area contributed by atoms with Crippen LogP contribution in [0.25, 0.3) is 0 Å². The van der Waals surface area contributed by atoms with Crippen molar-refractivity contribution in [1.82, 2.24) is 5.43 Å². The van der Waals surface area contributed by atoms with Gasteiger partial charge in [-0.25, -0.2) is 5.84 Å². The molecule has 1 radical (unpaired) electrons. The number of carbonyl (C=O) groups excluding carboxylic acids is 1. The molecular weight excluding hydrogens is 115 g/mol. The van der Waals surface area contributed by atoms with Gasteiger partial charge in [0.25, 0.3) is 0 Å². The molecule has 3 nitrogen and oxygen atoms in total. The van der Waals surface area contributed by atoms with Crippen molar-refractivity contribution in [2.75, 3.05) is 0 Å². The Hall–Kier alpha value is -0.505. The van der Waals surface area contributed by atoms with Crippen molar-refractivity contribution in [3.63, 3.8) is 0 Å². The molecule has 0 bridgehead atoms. The summed E-state index contributed by atoms with van der Waals surface area (Å²) in [5.74, 6) is 4.69. The second-order valence-corrected chi connectivity index (χ2v) is 1.94. The van der Waals surface area contributed by atoms with E-state index in [2.05, 4.69) is 5.43 Å². The first kappa shape index (κ1) is 8.49. The van der Waals surface area contributed by atoms with E-state index in [1.165, 1.54) is 0 Å². The van der Waals surface area contributed by atoms with Crippen LogP contribution in [0.5, 0.6) is 0 Å². The van der Waals surface area contributed by atoms with Crippen molar-refractivity contribution in [1.29, 1.82) is 0 Å². The fourth-order valence-corrected chi connectivity index (χ4v) is 0.592. The maximum absolute atomic E-state index is 10.6. The standard InChI is InChI=1S/C5H12BN2O/c1-3-6-4(2)5(9)8-7/h4H,3,7H2,1-2H3,(H,8,9). The van der Waals surface area contributed by atoms with E-state index in [0.29, 0.717) is 0 Å². The van der Waals surface area contributed by atoms with Crippen LogP contribution in [0.3, 0.4) is 0 Å².